The predicted octanol–water partition coefficient (Wildman–Crippen LogP) is 4.30. The predicted molar refractivity (Wildman–Crippen MR) is 140 cm³/mol. The number of fused-ring (bicyclic) bond motifs is 10. The van der Waals surface area contributed by atoms with E-state index in [2.05, 4.69) is 84.9 Å². The van der Waals surface area contributed by atoms with Crippen molar-refractivity contribution in [1.82, 2.24) is 0 Å². The lowest BCUT2D eigenvalue weighted by atomic mass is 9.69. The number of aliphatic hydroxyl groups is 2. The fourth-order valence-corrected chi connectivity index (χ4v) is 6.20. The van der Waals surface area contributed by atoms with Gasteiger partial charge >= 0.3 is 7.48 Å². The smallest absolute Gasteiger partial charge is 0.330 e. The second kappa shape index (κ2) is 9.30. The van der Waals surface area contributed by atoms with E-state index >= 15 is 0 Å². The topological polar surface area (TPSA) is 58.9 Å². The zero-order valence-corrected chi connectivity index (χ0v) is 19.9. The highest BCUT2D eigenvalue weighted by Crippen LogP contribution is 2.62. The van der Waals surface area contributed by atoms with Gasteiger partial charge in [0.15, 0.2) is 0 Å². The molecule has 0 saturated carbocycles. The van der Waals surface area contributed by atoms with E-state index in [1.807, 2.05) is 0 Å². The van der Waals surface area contributed by atoms with Crippen LogP contribution in [0.5, 0.6) is 0 Å². The van der Waals surface area contributed by atoms with Crippen molar-refractivity contribution in [3.05, 3.63) is 107 Å². The summed E-state index contributed by atoms with van der Waals surface area (Å²) in [5, 5.41) is 18.3. The monoisotopic (exact) mass is 479 g/mol. The summed E-state index contributed by atoms with van der Waals surface area (Å²) in [5.41, 5.74) is 10.4. The van der Waals surface area contributed by atoms with Crippen molar-refractivity contribution in [2.24, 2.45) is 0 Å². The third-order valence-electron chi connectivity index (χ3n) is 6.84. The van der Waals surface area contributed by atoms with Gasteiger partial charge in [0.05, 0.1) is 31.8 Å². The molecular weight excluding hydrogens is 455 g/mol. The van der Waals surface area contributed by atoms with Crippen LogP contribution in [0.3, 0.4) is 0 Å². The molecule has 0 aliphatic heterocycles. The number of hydrogen-bond acceptors (Lipinski definition) is 5. The normalized spacial score (nSPS) is 13.9. The summed E-state index contributed by atoms with van der Waals surface area (Å²) in [6, 6.07) is 30.3. The van der Waals surface area contributed by atoms with Crippen LogP contribution in [0.25, 0.3) is 22.3 Å². The number of aliphatic hydroxyl groups excluding tert-OH is 2. The van der Waals surface area contributed by atoms with Gasteiger partial charge in [-0.2, -0.15) is 0 Å². The molecule has 0 saturated heterocycles. The van der Waals surface area contributed by atoms with Crippen LogP contribution in [0.1, 0.15) is 22.3 Å². The van der Waals surface area contributed by atoms with Gasteiger partial charge in [-0.1, -0.05) is 78.3 Å². The second-order valence-corrected chi connectivity index (χ2v) is 9.57. The maximum atomic E-state index is 9.14. The van der Waals surface area contributed by atoms with Gasteiger partial charge in [0, 0.05) is 16.9 Å². The first-order valence-electron chi connectivity index (χ1n) is 11.7. The minimum absolute atomic E-state index is 0.00823. The zero-order chi connectivity index (χ0) is 23.8. The van der Waals surface area contributed by atoms with Crippen LogP contribution in [0, 0.1) is 0 Å². The Hall–Kier alpha value is -2.87. The van der Waals surface area contributed by atoms with Crippen LogP contribution in [0.15, 0.2) is 89.8 Å². The Morgan fingerprint density at radius 3 is 1.94 bits per heavy atom. The number of benzene rings is 4. The Labute approximate surface area is 210 Å². The number of hydrogen-bond donors (Lipinski definition) is 2. The summed E-state index contributed by atoms with van der Waals surface area (Å²) in [6.07, 6.45) is 0. The van der Waals surface area contributed by atoms with E-state index in [9.17, 15) is 0 Å². The Bertz CT molecular complexity index is 1300. The van der Waals surface area contributed by atoms with Gasteiger partial charge in [-0.05, 0) is 56.6 Å². The number of rotatable bonds is 8. The molecule has 1 radical (unpaired) electrons. The van der Waals surface area contributed by atoms with E-state index in [1.54, 1.807) is 7.48 Å². The molecule has 0 aromatic heterocycles. The third-order valence-corrected chi connectivity index (χ3v) is 7.57. The van der Waals surface area contributed by atoms with Crippen molar-refractivity contribution in [3.8, 4) is 22.3 Å². The molecule has 0 amide bonds. The van der Waals surface area contributed by atoms with Gasteiger partial charge in [-0.25, -0.2) is 0 Å². The first-order chi connectivity index (χ1) is 17.3. The van der Waals surface area contributed by atoms with E-state index in [0.717, 1.165) is 10.4 Å². The molecule has 173 valence electrons. The fourth-order valence-electron chi connectivity index (χ4n) is 5.62. The molecule has 2 aliphatic carbocycles. The van der Waals surface area contributed by atoms with Gasteiger partial charge in [-0.3, -0.25) is 0 Å². The van der Waals surface area contributed by atoms with Gasteiger partial charge in [-0.15, -0.1) is 0 Å². The lowest BCUT2D eigenvalue weighted by Crippen LogP contribution is -2.28. The zero-order valence-electron chi connectivity index (χ0n) is 19.1. The molecule has 0 bridgehead atoms. The van der Waals surface area contributed by atoms with Crippen molar-refractivity contribution in [2.45, 2.75) is 10.3 Å². The van der Waals surface area contributed by atoms with Gasteiger partial charge in [0.25, 0.3) is 0 Å². The first kappa shape index (κ1) is 22.6. The quantitative estimate of drug-likeness (QED) is 0.194. The van der Waals surface area contributed by atoms with Crippen LogP contribution < -0.4 is 5.46 Å². The summed E-state index contributed by atoms with van der Waals surface area (Å²) in [5.74, 6) is 0. The minimum Gasteiger partial charge on any atom is -0.432 e. The summed E-state index contributed by atoms with van der Waals surface area (Å²) in [6.45, 7) is 0.524. The largest absolute Gasteiger partial charge is 0.432 e. The van der Waals surface area contributed by atoms with E-state index in [1.165, 1.54) is 56.6 Å². The molecule has 2 aliphatic rings. The average molecular weight is 479 g/mol. The molecular formula is C29H24BO4S. The molecule has 0 unspecified atom stereocenters. The first-order valence-corrected chi connectivity index (χ1v) is 12.5. The molecule has 6 rings (SSSR count). The molecule has 4 nitrogen and oxygen atoms in total. The van der Waals surface area contributed by atoms with E-state index in [0.29, 0.717) is 0 Å². The average Bonchev–Trinajstić information content (AvgIpc) is 3.36. The fraction of sp³-hybridized carbons (Fsp3) is 0.172. The maximum absolute atomic E-state index is 9.14. The summed E-state index contributed by atoms with van der Waals surface area (Å²) >= 11 is 1.30. The molecule has 4 aromatic rings. The standard InChI is InChI=1S/C29H24BO4S/c31-13-15-33-30-19-9-11-23-24-12-10-20(35-34-16-14-32)18-28(24)29(27(23)17-19)25-7-3-1-5-21(25)22-6-2-4-8-26(22)29/h1-12,17-18,31-32H,13-16H2. The highest BCUT2D eigenvalue weighted by Gasteiger charge is 2.51. The molecule has 4 aromatic carbocycles. The van der Waals surface area contributed by atoms with Crippen molar-refractivity contribution in [2.75, 3.05) is 26.4 Å². The SMILES string of the molecule is OCCO[B]c1ccc2c(c1)C1(c3ccccc3-c3ccccc31)c1cc(SOCCO)ccc1-2. The van der Waals surface area contributed by atoms with Crippen LogP contribution in [-0.2, 0) is 14.3 Å². The minimum atomic E-state index is -0.452. The molecule has 0 atom stereocenters. The molecule has 0 fully saturated rings. The van der Waals surface area contributed by atoms with Crippen LogP contribution in [-0.4, -0.2) is 44.1 Å². The third kappa shape index (κ3) is 3.48. The molecule has 6 heteroatoms. The van der Waals surface area contributed by atoms with Gasteiger partial charge in [0.1, 0.15) is 0 Å². The van der Waals surface area contributed by atoms with Gasteiger partial charge < -0.3 is 19.1 Å². The highest BCUT2D eigenvalue weighted by molar-refractivity contribution is 7.94. The van der Waals surface area contributed by atoms with Crippen molar-refractivity contribution in [3.63, 3.8) is 0 Å². The van der Waals surface area contributed by atoms with Gasteiger partial charge in [0.2, 0.25) is 0 Å². The second-order valence-electron chi connectivity index (χ2n) is 8.69. The van der Waals surface area contributed by atoms with E-state index in [4.69, 9.17) is 19.1 Å². The van der Waals surface area contributed by atoms with Crippen LogP contribution >= 0.6 is 12.0 Å². The lowest BCUT2D eigenvalue weighted by Gasteiger charge is -2.31. The van der Waals surface area contributed by atoms with Crippen molar-refractivity contribution < 1.29 is 19.1 Å². The Morgan fingerprint density at radius 1 is 0.657 bits per heavy atom. The Kier molecular flexibility index (Phi) is 6.00. The van der Waals surface area contributed by atoms with Crippen LogP contribution in [0.2, 0.25) is 0 Å². The molecule has 1 spiro atoms. The Morgan fingerprint density at radius 2 is 1.26 bits per heavy atom. The molecule has 2 N–H and O–H groups in total. The van der Waals surface area contributed by atoms with Crippen LogP contribution in [0.4, 0.5) is 0 Å². The highest BCUT2D eigenvalue weighted by atomic mass is 32.2. The Balaban J connectivity index is 1.61. The summed E-state index contributed by atoms with van der Waals surface area (Å²) < 4.78 is 11.1. The summed E-state index contributed by atoms with van der Waals surface area (Å²) in [4.78, 5) is 1.00. The molecule has 0 heterocycles. The van der Waals surface area contributed by atoms with Crippen molar-refractivity contribution >= 4 is 25.0 Å². The van der Waals surface area contributed by atoms with Crippen molar-refractivity contribution in [1.29, 1.82) is 0 Å². The van der Waals surface area contributed by atoms with E-state index in [-0.39, 0.29) is 26.4 Å². The maximum Gasteiger partial charge on any atom is 0.330 e. The summed E-state index contributed by atoms with van der Waals surface area (Å²) in [7, 11) is 1.73. The lowest BCUT2D eigenvalue weighted by molar-refractivity contribution is 0.209. The molecule has 35 heavy (non-hydrogen) atoms. The van der Waals surface area contributed by atoms with E-state index < -0.39 is 5.41 Å².